The minimum atomic E-state index is -0.154. The highest BCUT2D eigenvalue weighted by molar-refractivity contribution is 6.03. The van der Waals surface area contributed by atoms with E-state index in [1.54, 1.807) is 30.3 Å². The number of benzene rings is 1. The second-order valence-electron chi connectivity index (χ2n) is 7.16. The Bertz CT molecular complexity index is 572. The van der Waals surface area contributed by atoms with Gasteiger partial charge < -0.3 is 5.32 Å². The van der Waals surface area contributed by atoms with Gasteiger partial charge in [-0.1, -0.05) is 33.8 Å². The van der Waals surface area contributed by atoms with Crippen LogP contribution in [0.25, 0.3) is 0 Å². The molecule has 0 heterocycles. The molecule has 0 aliphatic heterocycles. The molecule has 1 aromatic carbocycles. The predicted octanol–water partition coefficient (Wildman–Crippen LogP) is 4.21. The number of ketones is 1. The monoisotopic (exact) mass is 285 g/mol. The predicted molar refractivity (Wildman–Crippen MR) is 85.3 cm³/mol. The SMILES string of the molecule is CC(C)(C)/C=C/C(=O)Nc1ccc(C(=O)C2(C)CC2)cc1. The van der Waals surface area contributed by atoms with E-state index in [9.17, 15) is 9.59 Å². The first-order valence-electron chi connectivity index (χ1n) is 7.35. The Labute approximate surface area is 126 Å². The molecule has 0 spiro atoms. The van der Waals surface area contributed by atoms with E-state index in [1.165, 1.54) is 0 Å². The van der Waals surface area contributed by atoms with Crippen molar-refractivity contribution in [1.82, 2.24) is 0 Å². The number of allylic oxidation sites excluding steroid dienone is 1. The summed E-state index contributed by atoms with van der Waals surface area (Å²) in [5, 5.41) is 2.80. The summed E-state index contributed by atoms with van der Waals surface area (Å²) in [5.41, 5.74) is 1.25. The molecule has 0 saturated heterocycles. The van der Waals surface area contributed by atoms with E-state index < -0.39 is 0 Å². The van der Waals surface area contributed by atoms with Crippen molar-refractivity contribution < 1.29 is 9.59 Å². The second-order valence-corrected chi connectivity index (χ2v) is 7.16. The summed E-state index contributed by atoms with van der Waals surface area (Å²) in [6, 6.07) is 7.13. The molecule has 1 fully saturated rings. The summed E-state index contributed by atoms with van der Waals surface area (Å²) in [4.78, 5) is 24.0. The van der Waals surface area contributed by atoms with E-state index in [-0.39, 0.29) is 22.5 Å². The highest BCUT2D eigenvalue weighted by Gasteiger charge is 2.44. The Morgan fingerprint density at radius 3 is 2.19 bits per heavy atom. The third-order valence-electron chi connectivity index (χ3n) is 3.70. The van der Waals surface area contributed by atoms with E-state index in [1.807, 2.05) is 33.8 Å². The van der Waals surface area contributed by atoms with Crippen LogP contribution in [0.3, 0.4) is 0 Å². The summed E-state index contributed by atoms with van der Waals surface area (Å²) in [5.74, 6) is 0.0474. The summed E-state index contributed by atoms with van der Waals surface area (Å²) in [6.45, 7) is 8.11. The first kappa shape index (κ1) is 15.5. The molecule has 1 amide bonds. The lowest BCUT2D eigenvalue weighted by atomic mass is 9.96. The molecule has 0 unspecified atom stereocenters. The lowest BCUT2D eigenvalue weighted by Gasteiger charge is -2.11. The first-order chi connectivity index (χ1) is 9.70. The maximum atomic E-state index is 12.2. The molecule has 0 atom stereocenters. The van der Waals surface area contributed by atoms with E-state index in [0.717, 1.165) is 18.4 Å². The van der Waals surface area contributed by atoms with Crippen LogP contribution >= 0.6 is 0 Å². The summed E-state index contributed by atoms with van der Waals surface area (Å²) in [7, 11) is 0. The standard InChI is InChI=1S/C18H23NO2/c1-17(2,3)10-9-15(20)19-14-7-5-13(6-8-14)16(21)18(4)11-12-18/h5-10H,11-12H2,1-4H3,(H,19,20)/b10-9+. The van der Waals surface area contributed by atoms with Crippen molar-refractivity contribution in [3.05, 3.63) is 42.0 Å². The third-order valence-corrected chi connectivity index (χ3v) is 3.70. The van der Waals surface area contributed by atoms with Gasteiger partial charge in [-0.05, 0) is 48.6 Å². The molecule has 1 saturated carbocycles. The number of Topliss-reactive ketones (excluding diaryl/α,β-unsaturated/α-hetero) is 1. The molecule has 1 aliphatic carbocycles. The molecule has 21 heavy (non-hydrogen) atoms. The normalized spacial score (nSPS) is 16.8. The number of carbonyl (C=O) groups excluding carboxylic acids is 2. The van der Waals surface area contributed by atoms with Crippen LogP contribution in [0.15, 0.2) is 36.4 Å². The highest BCUT2D eigenvalue weighted by Crippen LogP contribution is 2.47. The van der Waals surface area contributed by atoms with Crippen LogP contribution in [-0.2, 0) is 4.79 Å². The summed E-state index contributed by atoms with van der Waals surface area (Å²) in [6.07, 6.45) is 5.36. The quantitative estimate of drug-likeness (QED) is 0.665. The second kappa shape index (κ2) is 5.47. The average Bonchev–Trinajstić information content (AvgIpc) is 3.15. The van der Waals surface area contributed by atoms with Gasteiger partial charge >= 0.3 is 0 Å². The van der Waals surface area contributed by atoms with Crippen molar-refractivity contribution in [1.29, 1.82) is 0 Å². The Balaban J connectivity index is 1.98. The lowest BCUT2D eigenvalue weighted by molar-refractivity contribution is -0.112. The van der Waals surface area contributed by atoms with Crippen molar-refractivity contribution in [3.63, 3.8) is 0 Å². The molecule has 0 aromatic heterocycles. The van der Waals surface area contributed by atoms with Crippen LogP contribution < -0.4 is 5.32 Å². The van der Waals surface area contributed by atoms with Gasteiger partial charge in [-0.25, -0.2) is 0 Å². The third kappa shape index (κ3) is 4.28. The Hall–Kier alpha value is -1.90. The van der Waals surface area contributed by atoms with Gasteiger partial charge in [-0.2, -0.15) is 0 Å². The van der Waals surface area contributed by atoms with Gasteiger partial charge in [0, 0.05) is 16.7 Å². The molecule has 0 radical (unpaired) electrons. The molecule has 3 nitrogen and oxygen atoms in total. The number of nitrogens with one attached hydrogen (secondary N) is 1. The molecule has 1 aromatic rings. The van der Waals surface area contributed by atoms with E-state index in [4.69, 9.17) is 0 Å². The lowest BCUT2D eigenvalue weighted by Crippen LogP contribution is -2.13. The summed E-state index contributed by atoms with van der Waals surface area (Å²) < 4.78 is 0. The van der Waals surface area contributed by atoms with Crippen LogP contribution in [0.5, 0.6) is 0 Å². The zero-order valence-electron chi connectivity index (χ0n) is 13.2. The van der Waals surface area contributed by atoms with Crippen molar-refractivity contribution in [2.75, 3.05) is 5.32 Å². The van der Waals surface area contributed by atoms with Gasteiger partial charge in [0.15, 0.2) is 5.78 Å². The number of amides is 1. The number of hydrogen-bond acceptors (Lipinski definition) is 2. The molecule has 0 bridgehead atoms. The number of anilines is 1. The smallest absolute Gasteiger partial charge is 0.248 e. The van der Waals surface area contributed by atoms with Crippen molar-refractivity contribution in [2.24, 2.45) is 10.8 Å². The number of carbonyl (C=O) groups is 2. The summed E-state index contributed by atoms with van der Waals surface area (Å²) >= 11 is 0. The van der Waals surface area contributed by atoms with Crippen LogP contribution in [0.1, 0.15) is 50.9 Å². The minimum absolute atomic E-state index is 0.0205. The van der Waals surface area contributed by atoms with Gasteiger partial charge in [-0.3, -0.25) is 9.59 Å². The number of rotatable bonds is 4. The minimum Gasteiger partial charge on any atom is -0.323 e. The maximum Gasteiger partial charge on any atom is 0.248 e. The van der Waals surface area contributed by atoms with Crippen LogP contribution in [0.4, 0.5) is 5.69 Å². The average molecular weight is 285 g/mol. The van der Waals surface area contributed by atoms with E-state index in [0.29, 0.717) is 5.69 Å². The molecule has 1 aliphatic rings. The van der Waals surface area contributed by atoms with Gasteiger partial charge in [0.05, 0.1) is 0 Å². The molecule has 112 valence electrons. The fourth-order valence-electron chi connectivity index (χ4n) is 1.98. The van der Waals surface area contributed by atoms with E-state index >= 15 is 0 Å². The Morgan fingerprint density at radius 2 is 1.71 bits per heavy atom. The van der Waals surface area contributed by atoms with E-state index in [2.05, 4.69) is 5.32 Å². The Morgan fingerprint density at radius 1 is 1.14 bits per heavy atom. The topological polar surface area (TPSA) is 46.2 Å². The first-order valence-corrected chi connectivity index (χ1v) is 7.35. The molecule has 2 rings (SSSR count). The van der Waals surface area contributed by atoms with Crippen LogP contribution in [0.2, 0.25) is 0 Å². The molecule has 1 N–H and O–H groups in total. The largest absolute Gasteiger partial charge is 0.323 e. The molecular weight excluding hydrogens is 262 g/mol. The fourth-order valence-corrected chi connectivity index (χ4v) is 1.98. The van der Waals surface area contributed by atoms with Crippen LogP contribution in [-0.4, -0.2) is 11.7 Å². The van der Waals surface area contributed by atoms with Gasteiger partial charge in [0.25, 0.3) is 0 Å². The zero-order chi connectivity index (χ0) is 15.7. The number of hydrogen-bond donors (Lipinski definition) is 1. The van der Waals surface area contributed by atoms with Crippen molar-refractivity contribution in [3.8, 4) is 0 Å². The molecule has 3 heteroatoms. The maximum absolute atomic E-state index is 12.2. The van der Waals surface area contributed by atoms with Crippen molar-refractivity contribution >= 4 is 17.4 Å². The van der Waals surface area contributed by atoms with Gasteiger partial charge in [0.2, 0.25) is 5.91 Å². The van der Waals surface area contributed by atoms with Gasteiger partial charge in [0.1, 0.15) is 0 Å². The van der Waals surface area contributed by atoms with Gasteiger partial charge in [-0.15, -0.1) is 0 Å². The highest BCUT2D eigenvalue weighted by atomic mass is 16.1. The van der Waals surface area contributed by atoms with Crippen LogP contribution in [0, 0.1) is 10.8 Å². The Kier molecular flexibility index (Phi) is 4.04. The van der Waals surface area contributed by atoms with Crippen molar-refractivity contribution in [2.45, 2.75) is 40.5 Å². The molecular formula is C18H23NO2. The zero-order valence-corrected chi connectivity index (χ0v) is 13.2. The fraction of sp³-hybridized carbons (Fsp3) is 0.444.